The van der Waals surface area contributed by atoms with Gasteiger partial charge in [0.15, 0.2) is 0 Å². The topological polar surface area (TPSA) is 63.1 Å². The molecule has 0 radical (unpaired) electrons. The van der Waals surface area contributed by atoms with Gasteiger partial charge in [0.1, 0.15) is 5.52 Å². The number of aromatic carboxylic acids is 1. The summed E-state index contributed by atoms with van der Waals surface area (Å²) in [5.41, 5.74) is 3.45. The molecule has 1 N–H and O–H groups in total. The molecular weight excluding hydrogens is 228 g/mol. The molecule has 2 aromatic carbocycles. The van der Waals surface area contributed by atoms with E-state index >= 15 is 0 Å². The first-order valence-corrected chi connectivity index (χ1v) is 5.56. The molecule has 3 aromatic rings. The zero-order valence-corrected chi connectivity index (χ0v) is 9.71. The molecule has 1 heterocycles. The second-order valence-corrected chi connectivity index (χ2v) is 4.14. The van der Waals surface area contributed by atoms with Gasteiger partial charge < -0.3 is 5.11 Å². The van der Waals surface area contributed by atoms with Crippen LogP contribution in [0.25, 0.3) is 22.1 Å². The largest absolute Gasteiger partial charge is 0.478 e. The predicted octanol–water partition coefficient (Wildman–Crippen LogP) is 2.79. The van der Waals surface area contributed by atoms with Crippen LogP contribution >= 0.6 is 0 Å². The highest BCUT2D eigenvalue weighted by Gasteiger charge is 2.14. The molecule has 0 fully saturated rings. The first-order valence-electron chi connectivity index (χ1n) is 5.56. The van der Waals surface area contributed by atoms with Crippen LogP contribution in [0.2, 0.25) is 0 Å². The van der Waals surface area contributed by atoms with Crippen LogP contribution in [0.1, 0.15) is 15.9 Å². The van der Waals surface area contributed by atoms with Gasteiger partial charge in [-0.05, 0) is 30.7 Å². The van der Waals surface area contributed by atoms with E-state index < -0.39 is 5.97 Å². The SMILES string of the molecule is Cc1ccc2nc3ccccc3nc2c1C(=O)O. The smallest absolute Gasteiger partial charge is 0.338 e. The Morgan fingerprint density at radius 2 is 1.67 bits per heavy atom. The minimum absolute atomic E-state index is 0.228. The Labute approximate surface area is 103 Å². The minimum Gasteiger partial charge on any atom is -0.478 e. The molecule has 3 rings (SSSR count). The van der Waals surface area contributed by atoms with E-state index in [4.69, 9.17) is 0 Å². The Bertz CT molecular complexity index is 781. The number of aryl methyl sites for hydroxylation is 1. The van der Waals surface area contributed by atoms with Gasteiger partial charge in [-0.1, -0.05) is 18.2 Å². The van der Waals surface area contributed by atoms with Crippen molar-refractivity contribution >= 4 is 28.0 Å². The third-order valence-corrected chi connectivity index (χ3v) is 2.93. The van der Waals surface area contributed by atoms with Gasteiger partial charge in [0, 0.05) is 0 Å². The summed E-state index contributed by atoms with van der Waals surface area (Å²) in [7, 11) is 0. The number of hydrogen-bond donors (Lipinski definition) is 1. The predicted molar refractivity (Wildman–Crippen MR) is 68.7 cm³/mol. The number of hydrogen-bond acceptors (Lipinski definition) is 3. The molecule has 4 heteroatoms. The Kier molecular flexibility index (Phi) is 2.23. The molecular formula is C14H10N2O2. The molecule has 0 spiro atoms. The highest BCUT2D eigenvalue weighted by atomic mass is 16.4. The summed E-state index contributed by atoms with van der Waals surface area (Å²) in [5, 5.41) is 9.27. The number of carboxylic acid groups (broad SMARTS) is 1. The van der Waals surface area contributed by atoms with E-state index in [-0.39, 0.29) is 5.56 Å². The summed E-state index contributed by atoms with van der Waals surface area (Å²) in [6.45, 7) is 1.76. The van der Waals surface area contributed by atoms with Crippen molar-refractivity contribution < 1.29 is 9.90 Å². The van der Waals surface area contributed by atoms with Crippen molar-refractivity contribution in [1.29, 1.82) is 0 Å². The van der Waals surface area contributed by atoms with Crippen LogP contribution in [0, 0.1) is 6.92 Å². The average Bonchev–Trinajstić information content (AvgIpc) is 2.36. The molecule has 0 bridgehead atoms. The summed E-state index contributed by atoms with van der Waals surface area (Å²) in [6.07, 6.45) is 0. The molecule has 0 aliphatic rings. The fourth-order valence-corrected chi connectivity index (χ4v) is 2.06. The quantitative estimate of drug-likeness (QED) is 0.662. The Morgan fingerprint density at radius 3 is 2.33 bits per heavy atom. The van der Waals surface area contributed by atoms with E-state index in [1.54, 1.807) is 19.1 Å². The number of rotatable bonds is 1. The Balaban J connectivity index is 2.50. The maximum atomic E-state index is 11.3. The number of carboxylic acids is 1. The van der Waals surface area contributed by atoms with Gasteiger partial charge >= 0.3 is 5.97 Å². The standard InChI is InChI=1S/C14H10N2O2/c1-8-6-7-11-13(12(8)14(17)18)16-10-5-3-2-4-9(10)15-11/h2-7H,1H3,(H,17,18). The molecule has 0 unspecified atom stereocenters. The van der Waals surface area contributed by atoms with Crippen LogP contribution in [-0.2, 0) is 0 Å². The highest BCUT2D eigenvalue weighted by Crippen LogP contribution is 2.22. The molecule has 0 saturated carbocycles. The van der Waals surface area contributed by atoms with Gasteiger partial charge in [0.2, 0.25) is 0 Å². The van der Waals surface area contributed by atoms with Crippen LogP contribution in [0.3, 0.4) is 0 Å². The fourth-order valence-electron chi connectivity index (χ4n) is 2.06. The summed E-state index contributed by atoms with van der Waals surface area (Å²) < 4.78 is 0. The second-order valence-electron chi connectivity index (χ2n) is 4.14. The lowest BCUT2D eigenvalue weighted by Gasteiger charge is -2.06. The first-order chi connectivity index (χ1) is 8.66. The molecule has 18 heavy (non-hydrogen) atoms. The zero-order valence-electron chi connectivity index (χ0n) is 9.71. The Hall–Kier alpha value is -2.49. The second kappa shape index (κ2) is 3.77. The van der Waals surface area contributed by atoms with Gasteiger partial charge in [0.25, 0.3) is 0 Å². The molecule has 0 atom stereocenters. The molecule has 0 amide bonds. The van der Waals surface area contributed by atoms with E-state index in [2.05, 4.69) is 9.97 Å². The van der Waals surface area contributed by atoms with Crippen LogP contribution in [-0.4, -0.2) is 21.0 Å². The van der Waals surface area contributed by atoms with E-state index in [1.165, 1.54) is 0 Å². The lowest BCUT2D eigenvalue weighted by atomic mass is 10.1. The van der Waals surface area contributed by atoms with Gasteiger partial charge in [-0.3, -0.25) is 0 Å². The van der Waals surface area contributed by atoms with Crippen molar-refractivity contribution in [3.63, 3.8) is 0 Å². The number of fused-ring (bicyclic) bond motifs is 2. The number of aromatic nitrogens is 2. The maximum Gasteiger partial charge on any atom is 0.338 e. The average molecular weight is 238 g/mol. The monoisotopic (exact) mass is 238 g/mol. The van der Waals surface area contributed by atoms with Crippen molar-refractivity contribution in [2.75, 3.05) is 0 Å². The molecule has 0 saturated heterocycles. The van der Waals surface area contributed by atoms with Crippen LogP contribution < -0.4 is 0 Å². The molecule has 88 valence electrons. The summed E-state index contributed by atoms with van der Waals surface area (Å²) in [4.78, 5) is 20.2. The number of benzene rings is 2. The molecule has 1 aromatic heterocycles. The maximum absolute atomic E-state index is 11.3. The van der Waals surface area contributed by atoms with Gasteiger partial charge in [-0.2, -0.15) is 0 Å². The van der Waals surface area contributed by atoms with Crippen LogP contribution in [0.4, 0.5) is 0 Å². The normalized spacial score (nSPS) is 10.9. The van der Waals surface area contributed by atoms with Crippen molar-refractivity contribution in [3.05, 3.63) is 47.5 Å². The van der Waals surface area contributed by atoms with Crippen molar-refractivity contribution in [3.8, 4) is 0 Å². The van der Waals surface area contributed by atoms with Gasteiger partial charge in [-0.25, -0.2) is 14.8 Å². The minimum atomic E-state index is -0.970. The number of para-hydroxylation sites is 2. The van der Waals surface area contributed by atoms with Gasteiger partial charge in [0.05, 0.1) is 22.1 Å². The van der Waals surface area contributed by atoms with Crippen molar-refractivity contribution in [2.24, 2.45) is 0 Å². The highest BCUT2D eigenvalue weighted by molar-refractivity contribution is 6.03. The van der Waals surface area contributed by atoms with Crippen LogP contribution in [0.5, 0.6) is 0 Å². The van der Waals surface area contributed by atoms with E-state index in [9.17, 15) is 9.90 Å². The fraction of sp³-hybridized carbons (Fsp3) is 0.0714. The third-order valence-electron chi connectivity index (χ3n) is 2.93. The third kappa shape index (κ3) is 1.50. The Morgan fingerprint density at radius 1 is 1.00 bits per heavy atom. The lowest BCUT2D eigenvalue weighted by Crippen LogP contribution is -2.03. The van der Waals surface area contributed by atoms with Crippen LogP contribution in [0.15, 0.2) is 36.4 Å². The van der Waals surface area contributed by atoms with E-state index in [0.717, 1.165) is 5.52 Å². The summed E-state index contributed by atoms with van der Waals surface area (Å²) in [5.74, 6) is -0.970. The zero-order chi connectivity index (χ0) is 12.7. The first kappa shape index (κ1) is 10.7. The molecule has 0 aliphatic carbocycles. The van der Waals surface area contributed by atoms with Crippen molar-refractivity contribution in [2.45, 2.75) is 6.92 Å². The van der Waals surface area contributed by atoms with E-state index in [0.29, 0.717) is 22.1 Å². The van der Waals surface area contributed by atoms with Crippen molar-refractivity contribution in [1.82, 2.24) is 9.97 Å². The van der Waals surface area contributed by atoms with Gasteiger partial charge in [-0.15, -0.1) is 0 Å². The lowest BCUT2D eigenvalue weighted by molar-refractivity contribution is 0.0698. The summed E-state index contributed by atoms with van der Waals surface area (Å²) >= 11 is 0. The number of carbonyl (C=O) groups is 1. The number of nitrogens with zero attached hydrogens (tertiary/aromatic N) is 2. The van der Waals surface area contributed by atoms with E-state index in [1.807, 2.05) is 24.3 Å². The molecule has 0 aliphatic heterocycles. The molecule has 4 nitrogen and oxygen atoms in total. The summed E-state index contributed by atoms with van der Waals surface area (Å²) in [6, 6.07) is 11.0.